The highest BCUT2D eigenvalue weighted by molar-refractivity contribution is 6.29. The van der Waals surface area contributed by atoms with Crippen molar-refractivity contribution in [1.29, 1.82) is 0 Å². The van der Waals surface area contributed by atoms with Gasteiger partial charge in [0, 0.05) is 11.0 Å². The van der Waals surface area contributed by atoms with E-state index < -0.39 is 0 Å². The summed E-state index contributed by atoms with van der Waals surface area (Å²) in [6.45, 7) is 2.15. The van der Waals surface area contributed by atoms with Crippen LogP contribution in [0.1, 0.15) is 19.8 Å². The third-order valence-electron chi connectivity index (χ3n) is 1.97. The minimum atomic E-state index is 0.493. The maximum Gasteiger partial charge on any atom is 0.0983 e. The molecular formula is C9H13ClO. The molecule has 0 saturated heterocycles. The fourth-order valence-electron chi connectivity index (χ4n) is 1.19. The van der Waals surface area contributed by atoms with Gasteiger partial charge in [0.1, 0.15) is 0 Å². The van der Waals surface area contributed by atoms with Crippen molar-refractivity contribution >= 4 is 11.6 Å². The summed E-state index contributed by atoms with van der Waals surface area (Å²) in [6.07, 6.45) is 5.92. The summed E-state index contributed by atoms with van der Waals surface area (Å²) in [5.74, 6) is 1.52. The van der Waals surface area contributed by atoms with Crippen molar-refractivity contribution in [1.82, 2.24) is 0 Å². The van der Waals surface area contributed by atoms with E-state index in [1.54, 1.807) is 7.11 Å². The highest BCUT2D eigenvalue weighted by Gasteiger charge is 2.11. The van der Waals surface area contributed by atoms with E-state index in [1.807, 2.05) is 12.2 Å². The second-order valence-corrected chi connectivity index (χ2v) is 3.31. The van der Waals surface area contributed by atoms with Crippen LogP contribution in [0.2, 0.25) is 0 Å². The van der Waals surface area contributed by atoms with Crippen LogP contribution in [0.15, 0.2) is 22.9 Å². The SMILES string of the molecule is COC1=CC=C(Cl)CCC1C. The smallest absolute Gasteiger partial charge is 0.0983 e. The Hall–Kier alpha value is -0.430. The van der Waals surface area contributed by atoms with E-state index in [0.29, 0.717) is 5.92 Å². The average Bonchev–Trinajstić information content (AvgIpc) is 2.15. The van der Waals surface area contributed by atoms with E-state index in [1.165, 1.54) is 0 Å². The molecule has 0 saturated carbocycles. The molecule has 1 atom stereocenters. The standard InChI is InChI=1S/C9H13ClO/c1-7-3-4-8(10)5-6-9(7)11-2/h5-7H,3-4H2,1-2H3. The lowest BCUT2D eigenvalue weighted by atomic mass is 10.1. The molecule has 0 heterocycles. The van der Waals surface area contributed by atoms with Crippen molar-refractivity contribution in [2.75, 3.05) is 7.11 Å². The molecule has 1 aliphatic carbocycles. The Bertz CT molecular complexity index is 194. The molecule has 0 amide bonds. The van der Waals surface area contributed by atoms with Crippen LogP contribution in [0.25, 0.3) is 0 Å². The highest BCUT2D eigenvalue weighted by atomic mass is 35.5. The van der Waals surface area contributed by atoms with Crippen molar-refractivity contribution in [3.8, 4) is 0 Å². The van der Waals surface area contributed by atoms with Gasteiger partial charge in [-0.3, -0.25) is 0 Å². The Morgan fingerprint density at radius 1 is 1.55 bits per heavy atom. The Morgan fingerprint density at radius 2 is 2.27 bits per heavy atom. The number of hydrogen-bond acceptors (Lipinski definition) is 1. The second-order valence-electron chi connectivity index (χ2n) is 2.83. The molecular weight excluding hydrogens is 160 g/mol. The van der Waals surface area contributed by atoms with Crippen LogP contribution in [-0.4, -0.2) is 7.11 Å². The number of allylic oxidation sites excluding steroid dienone is 4. The molecule has 0 fully saturated rings. The van der Waals surface area contributed by atoms with Gasteiger partial charge in [-0.05, 0) is 25.0 Å². The summed E-state index contributed by atoms with van der Waals surface area (Å²) in [5.41, 5.74) is 0. The highest BCUT2D eigenvalue weighted by Crippen LogP contribution is 2.25. The lowest BCUT2D eigenvalue weighted by Gasteiger charge is -2.11. The molecule has 0 radical (unpaired) electrons. The Morgan fingerprint density at radius 3 is 2.91 bits per heavy atom. The molecule has 1 rings (SSSR count). The van der Waals surface area contributed by atoms with E-state index >= 15 is 0 Å². The molecule has 62 valence electrons. The predicted molar refractivity (Wildman–Crippen MR) is 47.4 cm³/mol. The lowest BCUT2D eigenvalue weighted by Crippen LogP contribution is -1.99. The Kier molecular flexibility index (Phi) is 3.01. The van der Waals surface area contributed by atoms with E-state index in [4.69, 9.17) is 16.3 Å². The van der Waals surface area contributed by atoms with Gasteiger partial charge in [-0.15, -0.1) is 0 Å². The maximum absolute atomic E-state index is 5.87. The molecule has 0 aliphatic heterocycles. The molecule has 1 aliphatic rings. The predicted octanol–water partition coefficient (Wildman–Crippen LogP) is 3.07. The summed E-state index contributed by atoms with van der Waals surface area (Å²) >= 11 is 5.87. The van der Waals surface area contributed by atoms with Crippen LogP contribution in [-0.2, 0) is 4.74 Å². The number of methoxy groups -OCH3 is 1. The minimum absolute atomic E-state index is 0.493. The van der Waals surface area contributed by atoms with E-state index in [0.717, 1.165) is 23.6 Å². The normalized spacial score (nSPS) is 25.2. The minimum Gasteiger partial charge on any atom is -0.501 e. The Labute approximate surface area is 72.7 Å². The third-order valence-corrected chi connectivity index (χ3v) is 2.28. The van der Waals surface area contributed by atoms with Gasteiger partial charge in [0.25, 0.3) is 0 Å². The molecule has 1 nitrogen and oxygen atoms in total. The molecule has 0 bridgehead atoms. The van der Waals surface area contributed by atoms with E-state index in [9.17, 15) is 0 Å². The number of hydrogen-bond donors (Lipinski definition) is 0. The van der Waals surface area contributed by atoms with Crippen LogP contribution < -0.4 is 0 Å². The summed E-state index contributed by atoms with van der Waals surface area (Å²) in [4.78, 5) is 0. The summed E-state index contributed by atoms with van der Waals surface area (Å²) < 4.78 is 5.19. The summed E-state index contributed by atoms with van der Waals surface area (Å²) in [7, 11) is 1.70. The van der Waals surface area contributed by atoms with E-state index in [2.05, 4.69) is 6.92 Å². The summed E-state index contributed by atoms with van der Waals surface area (Å²) in [5, 5.41) is 0.920. The molecule has 2 heteroatoms. The van der Waals surface area contributed by atoms with Gasteiger partial charge in [0.05, 0.1) is 12.9 Å². The molecule has 0 spiro atoms. The second kappa shape index (κ2) is 3.82. The van der Waals surface area contributed by atoms with Gasteiger partial charge >= 0.3 is 0 Å². The number of rotatable bonds is 1. The zero-order chi connectivity index (χ0) is 8.27. The van der Waals surface area contributed by atoms with Crippen molar-refractivity contribution < 1.29 is 4.74 Å². The van der Waals surface area contributed by atoms with Crippen LogP contribution >= 0.6 is 11.6 Å². The molecule has 0 aromatic rings. The largest absolute Gasteiger partial charge is 0.501 e. The fraction of sp³-hybridized carbons (Fsp3) is 0.556. The number of halogens is 1. The Balaban J connectivity index is 2.72. The quantitative estimate of drug-likeness (QED) is 0.591. The average molecular weight is 173 g/mol. The maximum atomic E-state index is 5.87. The van der Waals surface area contributed by atoms with Gasteiger partial charge in [0.15, 0.2) is 0 Å². The monoisotopic (exact) mass is 172 g/mol. The molecule has 0 N–H and O–H groups in total. The molecule has 0 aromatic carbocycles. The van der Waals surface area contributed by atoms with Crippen molar-refractivity contribution in [3.63, 3.8) is 0 Å². The van der Waals surface area contributed by atoms with Crippen LogP contribution in [0.5, 0.6) is 0 Å². The van der Waals surface area contributed by atoms with Crippen LogP contribution in [0, 0.1) is 5.92 Å². The van der Waals surface area contributed by atoms with Crippen molar-refractivity contribution in [2.45, 2.75) is 19.8 Å². The van der Waals surface area contributed by atoms with Gasteiger partial charge in [-0.2, -0.15) is 0 Å². The third kappa shape index (κ3) is 2.26. The lowest BCUT2D eigenvalue weighted by molar-refractivity contribution is 0.244. The fourth-order valence-corrected chi connectivity index (χ4v) is 1.36. The first kappa shape index (κ1) is 8.66. The van der Waals surface area contributed by atoms with Gasteiger partial charge in [-0.25, -0.2) is 0 Å². The zero-order valence-corrected chi connectivity index (χ0v) is 7.69. The van der Waals surface area contributed by atoms with E-state index in [-0.39, 0.29) is 0 Å². The van der Waals surface area contributed by atoms with Gasteiger partial charge in [0.2, 0.25) is 0 Å². The first-order valence-corrected chi connectivity index (χ1v) is 4.22. The van der Waals surface area contributed by atoms with Gasteiger partial charge in [-0.1, -0.05) is 18.5 Å². The number of ether oxygens (including phenoxy) is 1. The molecule has 11 heavy (non-hydrogen) atoms. The van der Waals surface area contributed by atoms with Crippen molar-refractivity contribution in [3.05, 3.63) is 22.9 Å². The molecule has 1 unspecified atom stereocenters. The zero-order valence-electron chi connectivity index (χ0n) is 6.93. The summed E-state index contributed by atoms with van der Waals surface area (Å²) in [6, 6.07) is 0. The first-order chi connectivity index (χ1) is 5.24. The van der Waals surface area contributed by atoms with Crippen molar-refractivity contribution in [2.24, 2.45) is 5.92 Å². The van der Waals surface area contributed by atoms with Gasteiger partial charge < -0.3 is 4.74 Å². The molecule has 0 aromatic heterocycles. The van der Waals surface area contributed by atoms with Crippen LogP contribution in [0.4, 0.5) is 0 Å². The topological polar surface area (TPSA) is 9.23 Å². The van der Waals surface area contributed by atoms with Crippen LogP contribution in [0.3, 0.4) is 0 Å². The first-order valence-electron chi connectivity index (χ1n) is 3.84.